The molecule has 1 atom stereocenters. The van der Waals surface area contributed by atoms with Crippen LogP contribution in [0.25, 0.3) is 0 Å². The summed E-state index contributed by atoms with van der Waals surface area (Å²) in [6.07, 6.45) is -5.26. The summed E-state index contributed by atoms with van der Waals surface area (Å²) in [5.41, 5.74) is -1.08. The summed E-state index contributed by atoms with van der Waals surface area (Å²) in [7, 11) is -2.04. The zero-order valence-electron chi connectivity index (χ0n) is 13.8. The molecule has 0 saturated carbocycles. The van der Waals surface area contributed by atoms with Crippen molar-refractivity contribution in [2.45, 2.75) is 44.4 Å². The number of amides is 2. The first-order valence-corrected chi connectivity index (χ1v) is 8.45. The molecule has 0 radical (unpaired) electrons. The van der Waals surface area contributed by atoms with Gasteiger partial charge < -0.3 is 15.7 Å². The highest BCUT2D eigenvalue weighted by molar-refractivity contribution is 7.89. The van der Waals surface area contributed by atoms with Gasteiger partial charge in [-0.3, -0.25) is 4.79 Å². The molecule has 0 bridgehead atoms. The lowest BCUT2D eigenvalue weighted by molar-refractivity contribution is -0.148. The van der Waals surface area contributed by atoms with E-state index in [-0.39, 0.29) is 12.8 Å². The molecule has 0 fully saturated rings. The maximum absolute atomic E-state index is 13.0. The van der Waals surface area contributed by atoms with Crippen LogP contribution >= 0.6 is 0 Å². The highest BCUT2D eigenvalue weighted by atomic mass is 32.2. The number of hydrogen-bond donors (Lipinski definition) is 3. The summed E-state index contributed by atoms with van der Waals surface area (Å²) in [6.45, 7) is 2.88. The fourth-order valence-corrected chi connectivity index (χ4v) is 2.55. The van der Waals surface area contributed by atoms with E-state index < -0.39 is 45.5 Å². The lowest BCUT2D eigenvalue weighted by Gasteiger charge is -2.28. The van der Waals surface area contributed by atoms with E-state index in [0.717, 1.165) is 14.1 Å². The van der Waals surface area contributed by atoms with Gasteiger partial charge in [-0.1, -0.05) is 0 Å². The van der Waals surface area contributed by atoms with Gasteiger partial charge in [0.25, 0.3) is 0 Å². The van der Waals surface area contributed by atoms with Crippen LogP contribution in [0.4, 0.5) is 18.0 Å². The van der Waals surface area contributed by atoms with Gasteiger partial charge in [0, 0.05) is 26.1 Å². The van der Waals surface area contributed by atoms with E-state index in [1.807, 2.05) is 0 Å². The van der Waals surface area contributed by atoms with E-state index in [4.69, 9.17) is 5.11 Å². The Balaban J connectivity index is 4.99. The van der Waals surface area contributed by atoms with Crippen molar-refractivity contribution in [3.8, 4) is 0 Å². The number of carboxylic acids is 1. The van der Waals surface area contributed by atoms with Crippen LogP contribution in [0.3, 0.4) is 0 Å². The first kappa shape index (κ1) is 22.4. The highest BCUT2D eigenvalue weighted by Gasteiger charge is 2.44. The summed E-state index contributed by atoms with van der Waals surface area (Å²) in [5.74, 6) is -2.46. The second kappa shape index (κ2) is 8.01. The molecule has 0 aliphatic rings. The van der Waals surface area contributed by atoms with Gasteiger partial charge in [0.05, 0.1) is 5.75 Å². The fraction of sp³-hybridized carbons (Fsp3) is 0.833. The van der Waals surface area contributed by atoms with Crippen LogP contribution < -0.4 is 10.6 Å². The van der Waals surface area contributed by atoms with E-state index in [1.54, 1.807) is 5.32 Å². The molecule has 0 spiro atoms. The molecule has 0 rings (SSSR count). The molecule has 2 amide bonds. The SMILES string of the molecule is CN(C)S(=O)(=O)CC(NC(=O)NC(C)(C)CCC(=O)O)C(F)(F)F. The van der Waals surface area contributed by atoms with Crippen LogP contribution in [-0.2, 0) is 14.8 Å². The van der Waals surface area contributed by atoms with Gasteiger partial charge in [-0.15, -0.1) is 0 Å². The molecule has 0 aromatic heterocycles. The van der Waals surface area contributed by atoms with Gasteiger partial charge in [-0.2, -0.15) is 13.2 Å². The van der Waals surface area contributed by atoms with Crippen molar-refractivity contribution in [2.75, 3.05) is 19.8 Å². The van der Waals surface area contributed by atoms with E-state index in [9.17, 15) is 31.2 Å². The van der Waals surface area contributed by atoms with Gasteiger partial charge in [-0.05, 0) is 20.3 Å². The Bertz CT molecular complexity index is 561. The summed E-state index contributed by atoms with van der Waals surface area (Å²) in [4.78, 5) is 22.3. The number of rotatable bonds is 8. The second-order valence-electron chi connectivity index (χ2n) is 6.03. The Hall–Kier alpha value is -1.56. The number of nitrogens with zero attached hydrogens (tertiary/aromatic N) is 1. The molecule has 0 heterocycles. The number of sulfonamides is 1. The minimum absolute atomic E-state index is 0.0115. The molecular formula is C12H22F3N3O5S. The summed E-state index contributed by atoms with van der Waals surface area (Å²) in [6, 6.07) is -3.83. The lowest BCUT2D eigenvalue weighted by Crippen LogP contribution is -2.57. The standard InChI is InChI=1S/C12H22F3N3O5S/c1-11(2,6-5-9(19)20)17-10(21)16-8(12(13,14)15)7-24(22,23)18(3)4/h8H,5-7H2,1-4H3,(H,19,20)(H2,16,17,21). The molecule has 24 heavy (non-hydrogen) atoms. The number of carboxylic acid groups (broad SMARTS) is 1. The van der Waals surface area contributed by atoms with E-state index in [1.165, 1.54) is 13.8 Å². The van der Waals surface area contributed by atoms with Crippen molar-refractivity contribution in [1.29, 1.82) is 0 Å². The number of carbonyl (C=O) groups excluding carboxylic acids is 1. The average Bonchev–Trinajstić information content (AvgIpc) is 2.33. The topological polar surface area (TPSA) is 116 Å². The third-order valence-electron chi connectivity index (χ3n) is 3.05. The summed E-state index contributed by atoms with van der Waals surface area (Å²) in [5, 5.41) is 12.4. The van der Waals surface area contributed by atoms with Crippen molar-refractivity contribution >= 4 is 22.0 Å². The quantitative estimate of drug-likeness (QED) is 0.577. The van der Waals surface area contributed by atoms with E-state index >= 15 is 0 Å². The van der Waals surface area contributed by atoms with Crippen LogP contribution in [0.15, 0.2) is 0 Å². The first-order valence-electron chi connectivity index (χ1n) is 6.84. The zero-order chi connectivity index (χ0) is 19.3. The van der Waals surface area contributed by atoms with Gasteiger partial charge in [-0.25, -0.2) is 17.5 Å². The maximum Gasteiger partial charge on any atom is 0.409 e. The molecule has 0 aromatic carbocycles. The van der Waals surface area contributed by atoms with Crippen LogP contribution in [-0.4, -0.2) is 67.4 Å². The molecular weight excluding hydrogens is 355 g/mol. The fourth-order valence-electron chi connectivity index (χ4n) is 1.56. The molecule has 0 saturated heterocycles. The molecule has 8 nitrogen and oxygen atoms in total. The van der Waals surface area contributed by atoms with Crippen LogP contribution in [0, 0.1) is 0 Å². The monoisotopic (exact) mass is 377 g/mol. The molecule has 0 aliphatic carbocycles. The molecule has 12 heteroatoms. The largest absolute Gasteiger partial charge is 0.481 e. The minimum Gasteiger partial charge on any atom is -0.481 e. The zero-order valence-corrected chi connectivity index (χ0v) is 14.6. The van der Waals surface area contributed by atoms with Crippen LogP contribution in [0.5, 0.6) is 0 Å². The number of carbonyl (C=O) groups is 2. The predicted molar refractivity (Wildman–Crippen MR) is 79.9 cm³/mol. The Labute approximate surface area is 138 Å². The van der Waals surface area contributed by atoms with Crippen molar-refractivity contribution in [3.63, 3.8) is 0 Å². The minimum atomic E-state index is -4.97. The Morgan fingerprint density at radius 2 is 1.71 bits per heavy atom. The third kappa shape index (κ3) is 8.34. The van der Waals surface area contributed by atoms with E-state index in [0.29, 0.717) is 4.31 Å². The lowest BCUT2D eigenvalue weighted by atomic mass is 9.99. The number of nitrogens with one attached hydrogen (secondary N) is 2. The predicted octanol–water partition coefficient (Wildman–Crippen LogP) is 0.751. The number of urea groups is 1. The Kier molecular flexibility index (Phi) is 7.49. The first-order chi connectivity index (χ1) is 10.6. The molecule has 0 aliphatic heterocycles. The molecule has 3 N–H and O–H groups in total. The van der Waals surface area contributed by atoms with Crippen molar-refractivity contribution in [1.82, 2.24) is 14.9 Å². The molecule has 142 valence electrons. The summed E-state index contributed by atoms with van der Waals surface area (Å²) < 4.78 is 62.7. The second-order valence-corrected chi connectivity index (χ2v) is 8.26. The Morgan fingerprint density at radius 3 is 2.08 bits per heavy atom. The number of alkyl halides is 3. The van der Waals surface area contributed by atoms with Crippen LogP contribution in [0.1, 0.15) is 26.7 Å². The van der Waals surface area contributed by atoms with Crippen molar-refractivity contribution in [3.05, 3.63) is 0 Å². The van der Waals surface area contributed by atoms with Gasteiger partial charge in [0.15, 0.2) is 0 Å². The third-order valence-corrected chi connectivity index (χ3v) is 4.92. The maximum atomic E-state index is 13.0. The average molecular weight is 377 g/mol. The smallest absolute Gasteiger partial charge is 0.409 e. The van der Waals surface area contributed by atoms with Gasteiger partial charge >= 0.3 is 18.2 Å². The number of aliphatic carboxylic acids is 1. The van der Waals surface area contributed by atoms with Gasteiger partial charge in [0.1, 0.15) is 6.04 Å². The molecule has 0 aromatic rings. The van der Waals surface area contributed by atoms with Gasteiger partial charge in [0.2, 0.25) is 10.0 Å². The van der Waals surface area contributed by atoms with Crippen molar-refractivity contribution in [2.24, 2.45) is 0 Å². The normalized spacial score (nSPS) is 14.3. The Morgan fingerprint density at radius 1 is 1.21 bits per heavy atom. The van der Waals surface area contributed by atoms with Crippen LogP contribution in [0.2, 0.25) is 0 Å². The van der Waals surface area contributed by atoms with Crippen molar-refractivity contribution < 1.29 is 36.3 Å². The summed E-state index contributed by atoms with van der Waals surface area (Å²) >= 11 is 0. The molecule has 1 unspecified atom stereocenters. The highest BCUT2D eigenvalue weighted by Crippen LogP contribution is 2.22. The number of halogens is 3. The number of hydrogen-bond acceptors (Lipinski definition) is 4. The van der Waals surface area contributed by atoms with E-state index in [2.05, 4.69) is 5.32 Å².